The molecule has 97 heavy (non-hydrogen) atoms. The molecule has 0 unspecified atom stereocenters. The Morgan fingerprint density at radius 3 is 1.79 bits per heavy atom. The third-order valence-corrected chi connectivity index (χ3v) is 18.4. The molecule has 0 aromatic heterocycles. The summed E-state index contributed by atoms with van der Waals surface area (Å²) in [6.07, 6.45) is 1.90. The summed E-state index contributed by atoms with van der Waals surface area (Å²) in [5.74, 6) is -8.54. The van der Waals surface area contributed by atoms with Crippen LogP contribution in [-0.4, -0.2) is 246 Å². The number of benzene rings is 2. The Morgan fingerprint density at radius 1 is 0.639 bits per heavy atom. The number of nitrogens with zero attached hydrogens (tertiary/aromatic N) is 8. The minimum Gasteiger partial charge on any atom is -0.406 e. The van der Waals surface area contributed by atoms with Gasteiger partial charge in [0.25, 0.3) is 0 Å². The van der Waals surface area contributed by atoms with Gasteiger partial charge in [0.05, 0.1) is 26.1 Å². The molecule has 2 aromatic rings. The van der Waals surface area contributed by atoms with Crippen molar-refractivity contribution in [3.8, 4) is 18.1 Å². The van der Waals surface area contributed by atoms with Crippen LogP contribution in [0.15, 0.2) is 48.5 Å². The first-order valence-corrected chi connectivity index (χ1v) is 33.6. The van der Waals surface area contributed by atoms with Crippen molar-refractivity contribution in [2.24, 2.45) is 17.8 Å². The molecule has 2 saturated heterocycles. The van der Waals surface area contributed by atoms with Gasteiger partial charge in [-0.2, -0.15) is 0 Å². The van der Waals surface area contributed by atoms with Gasteiger partial charge in [0, 0.05) is 85.3 Å². The second-order valence-corrected chi connectivity index (χ2v) is 27.9. The van der Waals surface area contributed by atoms with E-state index >= 15 is 4.79 Å². The number of nitrogens with one attached hydrogen (secondary N) is 4. The molecular weight excluding hydrogens is 1380 g/mol. The van der Waals surface area contributed by atoms with Crippen LogP contribution in [0.5, 0.6) is 5.75 Å². The molecule has 29 heteroatoms. The summed E-state index contributed by atoms with van der Waals surface area (Å²) in [5, 5.41) is 11.0. The minimum atomic E-state index is -5.02. The van der Waals surface area contributed by atoms with Crippen molar-refractivity contribution < 1.29 is 75.4 Å². The SMILES string of the molecule is C#CC[C@@H]1NC(=O)[C@H](Cc2cccc(I)c2)NC(=O)CN(C)C(=O)[C@H](Cc2ccc(OC(F)(F)F)cc2)N(C)C(=O)CN(C)C(=O)CN(C)C(=O)[C@H]([C@@H](C)CC)NC(=O)[C@H](CC(C)C)N(C)C(=O)C[C@@H](C(=O)N2CCCCC2)N(C)C(=O)[C@H](CC(C)C)NC(=O)C(C)(C)N(C)C1=O. The number of carbonyl (C=O) groups is 12. The highest BCUT2D eigenvalue weighted by Crippen LogP contribution is 2.26. The van der Waals surface area contributed by atoms with Gasteiger partial charge in [-0.15, -0.1) is 25.5 Å². The Hall–Kier alpha value is -8.04. The number of carbonyl (C=O) groups excluding carboxylic acids is 12. The van der Waals surface area contributed by atoms with E-state index in [1.54, 1.807) is 43.0 Å². The Labute approximate surface area is 581 Å². The number of terminal acetylenes is 1. The third kappa shape index (κ3) is 23.6. The highest BCUT2D eigenvalue weighted by Gasteiger charge is 2.44. The lowest BCUT2D eigenvalue weighted by Crippen LogP contribution is -2.63. The van der Waals surface area contributed by atoms with Crippen LogP contribution in [0.4, 0.5) is 13.2 Å². The quantitative estimate of drug-likeness (QED) is 0.165. The van der Waals surface area contributed by atoms with Gasteiger partial charge < -0.3 is 65.2 Å². The van der Waals surface area contributed by atoms with Gasteiger partial charge in [-0.1, -0.05) is 72.2 Å². The molecule has 2 aromatic carbocycles. The lowest BCUT2D eigenvalue weighted by atomic mass is 9.95. The number of piperidine rings is 1. The van der Waals surface area contributed by atoms with Crippen molar-refractivity contribution in [2.75, 3.05) is 82.1 Å². The zero-order chi connectivity index (χ0) is 73.1. The van der Waals surface area contributed by atoms with Gasteiger partial charge >= 0.3 is 6.36 Å². The first kappa shape index (κ1) is 81.4. The van der Waals surface area contributed by atoms with E-state index in [-0.39, 0.29) is 43.1 Å². The molecule has 2 fully saturated rings. The molecule has 0 aliphatic carbocycles. The average molecular weight is 1480 g/mol. The third-order valence-electron chi connectivity index (χ3n) is 17.8. The summed E-state index contributed by atoms with van der Waals surface area (Å²) in [4.78, 5) is 184. The fourth-order valence-corrected chi connectivity index (χ4v) is 11.9. The summed E-state index contributed by atoms with van der Waals surface area (Å²) >= 11 is 2.06. The highest BCUT2D eigenvalue weighted by molar-refractivity contribution is 14.1. The molecule has 2 aliphatic heterocycles. The van der Waals surface area contributed by atoms with Gasteiger partial charge in [0.15, 0.2) is 0 Å². The van der Waals surface area contributed by atoms with E-state index in [1.165, 1.54) is 80.2 Å². The molecule has 2 aliphatic rings. The second kappa shape index (κ2) is 36.5. The van der Waals surface area contributed by atoms with Crippen LogP contribution in [-0.2, 0) is 70.4 Å². The molecule has 0 radical (unpaired) electrons. The summed E-state index contributed by atoms with van der Waals surface area (Å²) < 4.78 is 44.3. The van der Waals surface area contributed by atoms with Crippen LogP contribution in [0.1, 0.15) is 118 Å². The smallest absolute Gasteiger partial charge is 0.406 e. The van der Waals surface area contributed by atoms with Crippen LogP contribution >= 0.6 is 22.6 Å². The number of likely N-dealkylation sites (tertiary alicyclic amines) is 1. The van der Waals surface area contributed by atoms with E-state index in [0.29, 0.717) is 37.9 Å². The topological polar surface area (TPSA) is 288 Å². The van der Waals surface area contributed by atoms with Gasteiger partial charge in [-0.3, -0.25) is 57.5 Å². The number of rotatable bonds is 13. The summed E-state index contributed by atoms with van der Waals surface area (Å²) in [5.41, 5.74) is -1.00. The Balaban J connectivity index is 1.89. The number of likely N-dealkylation sites (N-methyl/N-ethyl adjacent to an activating group) is 7. The van der Waals surface area contributed by atoms with Crippen LogP contribution in [0, 0.1) is 33.7 Å². The van der Waals surface area contributed by atoms with Crippen LogP contribution in [0.3, 0.4) is 0 Å². The Kier molecular flexibility index (Phi) is 30.6. The first-order valence-electron chi connectivity index (χ1n) is 32.5. The first-order chi connectivity index (χ1) is 45.2. The molecule has 4 rings (SSSR count). The lowest BCUT2D eigenvalue weighted by Gasteiger charge is -2.39. The van der Waals surface area contributed by atoms with E-state index in [2.05, 4.69) is 54.5 Å². The van der Waals surface area contributed by atoms with Gasteiger partial charge in [0.1, 0.15) is 53.6 Å². The average Bonchev–Trinajstić information content (AvgIpc) is 0.817. The molecule has 0 saturated carbocycles. The molecular formula is C68H98F3IN12O13. The number of hydrogen-bond donors (Lipinski definition) is 4. The zero-order valence-corrected chi connectivity index (χ0v) is 60.6. The number of halogens is 4. The molecule has 536 valence electrons. The molecule has 12 amide bonds. The molecule has 2 heterocycles. The van der Waals surface area contributed by atoms with Gasteiger partial charge in [-0.25, -0.2) is 0 Å². The summed E-state index contributed by atoms with van der Waals surface area (Å²) in [6.45, 7) is 12.2. The van der Waals surface area contributed by atoms with E-state index < -0.39 is 169 Å². The zero-order valence-electron chi connectivity index (χ0n) is 58.5. The van der Waals surface area contributed by atoms with Crippen LogP contribution < -0.4 is 26.0 Å². The maximum Gasteiger partial charge on any atom is 0.573 e. The van der Waals surface area contributed by atoms with E-state index in [0.717, 1.165) is 51.5 Å². The number of ether oxygens (including phenoxy) is 1. The molecule has 25 nitrogen and oxygen atoms in total. The van der Waals surface area contributed by atoms with E-state index in [9.17, 15) is 65.9 Å². The van der Waals surface area contributed by atoms with Crippen molar-refractivity contribution >= 4 is 93.5 Å². The van der Waals surface area contributed by atoms with E-state index in [1.807, 2.05) is 27.7 Å². The minimum absolute atomic E-state index is 0.0278. The maximum atomic E-state index is 15.1. The lowest BCUT2D eigenvalue weighted by molar-refractivity contribution is -0.274. The second-order valence-electron chi connectivity index (χ2n) is 26.7. The predicted octanol–water partition coefficient (Wildman–Crippen LogP) is 3.59. The van der Waals surface area contributed by atoms with Crippen LogP contribution in [0.2, 0.25) is 0 Å². The summed E-state index contributed by atoms with van der Waals surface area (Å²) in [7, 11) is 9.13. The number of amides is 12. The molecule has 0 spiro atoms. The van der Waals surface area contributed by atoms with Gasteiger partial charge in [0.2, 0.25) is 70.9 Å². The standard InChI is InChI=1S/C68H98F3IN12O13/c1-17-23-48-62(92)83(16)67(8,9)66(96)75-50(32-41(3)4)61(91)82(15)53(64(94)84-30-20-19-21-31-84)37-55(86)80(13)51(33-42(5)6)60(90)76-58(43(7)18-2)65(95)79(12)39-56(87)77(10)40-57(88)81(14)52(36-44-26-28-47(29-27-44)97-68(69,70)71)63(93)78(11)38-54(85)73-49(59(89)74-48)35-45-24-22-25-46(72)34-45/h1,22,24-29,34,41-43,48-53,58H,18-21,23,30-33,35-40H2,2-16H3,(H,73,85)(H,74,89)(H,75,96)(H,76,90)/t43-,48-,49-,50-,51-,52-,53-,58-/m0/s1. The van der Waals surface area contributed by atoms with Crippen LogP contribution in [0.25, 0.3) is 0 Å². The van der Waals surface area contributed by atoms with E-state index in [4.69, 9.17) is 6.42 Å². The normalized spacial score (nSPS) is 23.6. The van der Waals surface area contributed by atoms with Crippen molar-refractivity contribution in [1.29, 1.82) is 0 Å². The van der Waals surface area contributed by atoms with Crippen molar-refractivity contribution in [2.45, 2.75) is 174 Å². The van der Waals surface area contributed by atoms with Crippen molar-refractivity contribution in [3.05, 3.63) is 63.2 Å². The monoisotopic (exact) mass is 1470 g/mol. The largest absolute Gasteiger partial charge is 0.573 e. The van der Waals surface area contributed by atoms with Gasteiger partial charge in [-0.05, 0) is 122 Å². The molecule has 0 bridgehead atoms. The summed E-state index contributed by atoms with van der Waals surface area (Å²) in [6, 6.07) is 1.67. The van der Waals surface area contributed by atoms with Crippen molar-refractivity contribution in [1.82, 2.24) is 60.5 Å². The number of alkyl halides is 3. The maximum absolute atomic E-state index is 15.1. The number of hydrogen-bond acceptors (Lipinski definition) is 13. The molecule has 8 atom stereocenters. The fourth-order valence-electron chi connectivity index (χ4n) is 11.2. The predicted molar refractivity (Wildman–Crippen MR) is 364 cm³/mol. The molecule has 4 N–H and O–H groups in total. The van der Waals surface area contributed by atoms with Crippen molar-refractivity contribution in [3.63, 3.8) is 0 Å². The highest BCUT2D eigenvalue weighted by atomic mass is 127. The fraction of sp³-hybridized carbons (Fsp3) is 0.618. The Bertz CT molecular complexity index is 3190. The Morgan fingerprint density at radius 2 is 1.23 bits per heavy atom.